The van der Waals surface area contributed by atoms with E-state index < -0.39 is 0 Å². The SMILES string of the molecule is Cc1nc2c(c(N3CCCN(C(=O)c4ccco4)CC3)n1)CCN(C)CC2. The smallest absolute Gasteiger partial charge is 0.289 e. The van der Waals surface area contributed by atoms with E-state index in [0.717, 1.165) is 63.6 Å². The number of nitrogens with zero attached hydrogens (tertiary/aromatic N) is 5. The van der Waals surface area contributed by atoms with Crippen molar-refractivity contribution in [3.05, 3.63) is 41.2 Å². The van der Waals surface area contributed by atoms with E-state index in [0.29, 0.717) is 12.3 Å². The van der Waals surface area contributed by atoms with E-state index in [4.69, 9.17) is 14.4 Å². The molecule has 1 amide bonds. The second-order valence-electron chi connectivity index (χ2n) is 7.43. The topological polar surface area (TPSA) is 65.7 Å². The summed E-state index contributed by atoms with van der Waals surface area (Å²) in [7, 11) is 2.16. The number of aryl methyl sites for hydroxylation is 1. The first-order chi connectivity index (χ1) is 13.1. The summed E-state index contributed by atoms with van der Waals surface area (Å²) < 4.78 is 5.28. The molecule has 2 aromatic heterocycles. The average Bonchev–Trinajstić information content (AvgIpc) is 3.00. The van der Waals surface area contributed by atoms with Crippen molar-refractivity contribution in [3.8, 4) is 0 Å². The molecule has 0 saturated carbocycles. The van der Waals surface area contributed by atoms with Crippen LogP contribution < -0.4 is 4.90 Å². The third kappa shape index (κ3) is 3.83. The number of anilines is 1. The summed E-state index contributed by atoms with van der Waals surface area (Å²) in [6.07, 6.45) is 4.42. The Hall–Kier alpha value is -2.41. The van der Waals surface area contributed by atoms with Gasteiger partial charge in [0.05, 0.1) is 12.0 Å². The Bertz CT molecular complexity index is 805. The maximum absolute atomic E-state index is 12.6. The Morgan fingerprint density at radius 2 is 1.93 bits per heavy atom. The van der Waals surface area contributed by atoms with Gasteiger partial charge >= 0.3 is 0 Å². The predicted molar refractivity (Wildman–Crippen MR) is 103 cm³/mol. The van der Waals surface area contributed by atoms with Gasteiger partial charge in [-0.15, -0.1) is 0 Å². The molecule has 27 heavy (non-hydrogen) atoms. The molecule has 4 rings (SSSR count). The molecule has 0 spiro atoms. The lowest BCUT2D eigenvalue weighted by atomic mass is 10.1. The fraction of sp³-hybridized carbons (Fsp3) is 0.550. The maximum Gasteiger partial charge on any atom is 0.289 e. The minimum atomic E-state index is -0.0267. The van der Waals surface area contributed by atoms with Gasteiger partial charge in [-0.1, -0.05) is 0 Å². The molecule has 0 aliphatic carbocycles. The predicted octanol–water partition coefficient (Wildman–Crippen LogP) is 1.76. The summed E-state index contributed by atoms with van der Waals surface area (Å²) in [6, 6.07) is 3.49. The van der Waals surface area contributed by atoms with E-state index >= 15 is 0 Å². The fourth-order valence-electron chi connectivity index (χ4n) is 3.96. The zero-order chi connectivity index (χ0) is 18.8. The minimum Gasteiger partial charge on any atom is -0.459 e. The van der Waals surface area contributed by atoms with Crippen LogP contribution in [0.4, 0.5) is 5.82 Å². The molecule has 1 fully saturated rings. The number of carbonyl (C=O) groups is 1. The van der Waals surface area contributed by atoms with Crippen LogP contribution >= 0.6 is 0 Å². The minimum absolute atomic E-state index is 0.0267. The van der Waals surface area contributed by atoms with E-state index in [9.17, 15) is 4.79 Å². The van der Waals surface area contributed by atoms with Crippen LogP contribution in [0.1, 0.15) is 34.1 Å². The highest BCUT2D eigenvalue weighted by Gasteiger charge is 2.26. The standard InChI is InChI=1S/C20H27N5O2/c1-15-21-17-7-11-23(2)10-6-16(17)19(22-15)24-8-4-9-25(13-12-24)20(26)18-5-3-14-27-18/h3,5,14H,4,6-13H2,1-2H3. The Morgan fingerprint density at radius 1 is 1.07 bits per heavy atom. The first kappa shape index (κ1) is 18.0. The number of carbonyl (C=O) groups excluding carboxylic acids is 1. The molecule has 0 radical (unpaired) electrons. The molecule has 2 aliphatic heterocycles. The van der Waals surface area contributed by atoms with E-state index in [1.54, 1.807) is 18.4 Å². The quantitative estimate of drug-likeness (QED) is 0.804. The van der Waals surface area contributed by atoms with Gasteiger partial charge in [0.2, 0.25) is 0 Å². The van der Waals surface area contributed by atoms with Crippen molar-refractivity contribution in [1.29, 1.82) is 0 Å². The third-order valence-corrected chi connectivity index (χ3v) is 5.47. The van der Waals surface area contributed by atoms with Crippen LogP contribution in [-0.2, 0) is 12.8 Å². The summed E-state index contributed by atoms with van der Waals surface area (Å²) in [5, 5.41) is 0. The highest BCUT2D eigenvalue weighted by atomic mass is 16.3. The third-order valence-electron chi connectivity index (χ3n) is 5.47. The molecule has 4 heterocycles. The van der Waals surface area contributed by atoms with Gasteiger partial charge in [0.15, 0.2) is 5.76 Å². The second-order valence-corrected chi connectivity index (χ2v) is 7.43. The van der Waals surface area contributed by atoms with E-state index in [2.05, 4.69) is 16.8 Å². The molecular formula is C20H27N5O2. The Morgan fingerprint density at radius 3 is 2.74 bits per heavy atom. The van der Waals surface area contributed by atoms with Crippen molar-refractivity contribution in [2.45, 2.75) is 26.2 Å². The maximum atomic E-state index is 12.6. The van der Waals surface area contributed by atoms with E-state index in [1.807, 2.05) is 11.8 Å². The number of furan rings is 1. The number of rotatable bonds is 2. The second kappa shape index (κ2) is 7.68. The summed E-state index contributed by atoms with van der Waals surface area (Å²) in [5.41, 5.74) is 2.48. The van der Waals surface area contributed by atoms with Gasteiger partial charge in [-0.2, -0.15) is 0 Å². The Labute approximate surface area is 160 Å². The molecular weight excluding hydrogens is 342 g/mol. The van der Waals surface area contributed by atoms with Crippen LogP contribution in [0.25, 0.3) is 0 Å². The first-order valence-corrected chi connectivity index (χ1v) is 9.74. The average molecular weight is 369 g/mol. The van der Waals surface area contributed by atoms with E-state index in [-0.39, 0.29) is 5.91 Å². The lowest BCUT2D eigenvalue weighted by molar-refractivity contribution is 0.0735. The molecule has 0 unspecified atom stereocenters. The number of amides is 1. The summed E-state index contributed by atoms with van der Waals surface area (Å²) in [6.45, 7) is 7.15. The van der Waals surface area contributed by atoms with Crippen LogP contribution in [0.3, 0.4) is 0 Å². The highest BCUT2D eigenvalue weighted by molar-refractivity contribution is 5.91. The van der Waals surface area contributed by atoms with Gasteiger partial charge in [0.25, 0.3) is 5.91 Å². The van der Waals surface area contributed by atoms with Crippen molar-refractivity contribution < 1.29 is 9.21 Å². The molecule has 7 nitrogen and oxygen atoms in total. The van der Waals surface area contributed by atoms with Crippen LogP contribution in [-0.4, -0.2) is 72.0 Å². The number of aromatic nitrogens is 2. The van der Waals surface area contributed by atoms with Gasteiger partial charge < -0.3 is 19.1 Å². The normalized spacial score (nSPS) is 18.7. The number of hydrogen-bond donors (Lipinski definition) is 0. The monoisotopic (exact) mass is 369 g/mol. The summed E-state index contributed by atoms with van der Waals surface area (Å²) in [5.74, 6) is 2.29. The van der Waals surface area contributed by atoms with Crippen LogP contribution in [0.15, 0.2) is 22.8 Å². The fourth-order valence-corrected chi connectivity index (χ4v) is 3.96. The van der Waals surface area contributed by atoms with Gasteiger partial charge in [0.1, 0.15) is 11.6 Å². The first-order valence-electron chi connectivity index (χ1n) is 9.74. The number of likely N-dealkylation sites (N-methyl/N-ethyl adjacent to an activating group) is 1. The number of hydrogen-bond acceptors (Lipinski definition) is 6. The molecule has 0 atom stereocenters. The highest BCUT2D eigenvalue weighted by Crippen LogP contribution is 2.25. The Kier molecular flexibility index (Phi) is 5.11. The zero-order valence-corrected chi connectivity index (χ0v) is 16.1. The number of fused-ring (bicyclic) bond motifs is 1. The van der Waals surface area contributed by atoms with Gasteiger partial charge in [-0.3, -0.25) is 4.79 Å². The largest absolute Gasteiger partial charge is 0.459 e. The molecule has 0 N–H and O–H groups in total. The zero-order valence-electron chi connectivity index (χ0n) is 16.1. The molecule has 0 aromatic carbocycles. The van der Waals surface area contributed by atoms with E-state index in [1.165, 1.54) is 11.3 Å². The van der Waals surface area contributed by atoms with Crippen molar-refractivity contribution >= 4 is 11.7 Å². The molecule has 0 bridgehead atoms. The van der Waals surface area contributed by atoms with Gasteiger partial charge in [-0.05, 0) is 38.9 Å². The lowest BCUT2D eigenvalue weighted by Gasteiger charge is -2.25. The van der Waals surface area contributed by atoms with Crippen LogP contribution in [0.5, 0.6) is 0 Å². The Balaban J connectivity index is 1.54. The molecule has 2 aromatic rings. The molecule has 7 heteroatoms. The molecule has 144 valence electrons. The van der Waals surface area contributed by atoms with Crippen molar-refractivity contribution in [1.82, 2.24) is 19.8 Å². The van der Waals surface area contributed by atoms with Crippen molar-refractivity contribution in [3.63, 3.8) is 0 Å². The van der Waals surface area contributed by atoms with Crippen LogP contribution in [0, 0.1) is 6.92 Å². The van der Waals surface area contributed by atoms with Gasteiger partial charge in [0, 0.05) is 51.3 Å². The van der Waals surface area contributed by atoms with Crippen LogP contribution in [0.2, 0.25) is 0 Å². The van der Waals surface area contributed by atoms with Gasteiger partial charge in [-0.25, -0.2) is 9.97 Å². The summed E-state index contributed by atoms with van der Waals surface area (Å²) in [4.78, 5) is 28.7. The van der Waals surface area contributed by atoms with Crippen molar-refractivity contribution in [2.24, 2.45) is 0 Å². The molecule has 2 aliphatic rings. The summed E-state index contributed by atoms with van der Waals surface area (Å²) >= 11 is 0. The molecule has 1 saturated heterocycles. The van der Waals surface area contributed by atoms with Crippen molar-refractivity contribution in [2.75, 3.05) is 51.2 Å². The lowest BCUT2D eigenvalue weighted by Crippen LogP contribution is -2.35.